The highest BCUT2D eigenvalue weighted by Gasteiger charge is 2.35. The first kappa shape index (κ1) is 15.1. The van der Waals surface area contributed by atoms with Crippen molar-refractivity contribution in [3.63, 3.8) is 0 Å². The molecular formula is C14H17NO6. The van der Waals surface area contributed by atoms with Gasteiger partial charge in [0.2, 0.25) is 0 Å². The number of carbonyl (C=O) groups is 2. The van der Waals surface area contributed by atoms with Gasteiger partial charge in [-0.3, -0.25) is 9.59 Å². The maximum Gasteiger partial charge on any atom is 0.311 e. The van der Waals surface area contributed by atoms with Gasteiger partial charge in [0.25, 0.3) is 5.91 Å². The Morgan fingerprint density at radius 1 is 1.24 bits per heavy atom. The van der Waals surface area contributed by atoms with Gasteiger partial charge in [0.1, 0.15) is 5.92 Å². The Bertz CT molecular complexity index is 544. The molecule has 21 heavy (non-hydrogen) atoms. The summed E-state index contributed by atoms with van der Waals surface area (Å²) in [5, 5.41) is 11.7. The minimum absolute atomic E-state index is 0.103. The second kappa shape index (κ2) is 6.45. The minimum Gasteiger partial charge on any atom is -0.493 e. The van der Waals surface area contributed by atoms with Crippen LogP contribution in [0.5, 0.6) is 11.5 Å². The molecule has 0 spiro atoms. The van der Waals surface area contributed by atoms with Crippen molar-refractivity contribution in [3.05, 3.63) is 23.8 Å². The number of benzene rings is 1. The van der Waals surface area contributed by atoms with E-state index in [0.29, 0.717) is 17.1 Å². The van der Waals surface area contributed by atoms with Crippen LogP contribution in [0, 0.1) is 5.92 Å². The minimum atomic E-state index is -0.981. The summed E-state index contributed by atoms with van der Waals surface area (Å²) in [6, 6.07) is 4.21. The van der Waals surface area contributed by atoms with E-state index in [1.54, 1.807) is 18.2 Å². The highest BCUT2D eigenvalue weighted by molar-refractivity contribution is 5.95. The van der Waals surface area contributed by atoms with Gasteiger partial charge in [-0.1, -0.05) is 0 Å². The topological polar surface area (TPSA) is 94.1 Å². The van der Waals surface area contributed by atoms with Crippen LogP contribution in [0.25, 0.3) is 0 Å². The fourth-order valence-corrected chi connectivity index (χ4v) is 2.17. The molecule has 1 heterocycles. The number of carboxylic acids is 1. The van der Waals surface area contributed by atoms with E-state index in [2.05, 4.69) is 5.32 Å². The van der Waals surface area contributed by atoms with Gasteiger partial charge in [0.05, 0.1) is 33.5 Å². The van der Waals surface area contributed by atoms with Crippen LogP contribution in [0.4, 0.5) is 0 Å². The number of hydrogen-bond donors (Lipinski definition) is 2. The van der Waals surface area contributed by atoms with Crippen molar-refractivity contribution >= 4 is 11.9 Å². The average Bonchev–Trinajstić information content (AvgIpc) is 2.94. The lowest BCUT2D eigenvalue weighted by Gasteiger charge is -2.16. The van der Waals surface area contributed by atoms with Crippen LogP contribution in [-0.2, 0) is 9.53 Å². The second-order valence-electron chi connectivity index (χ2n) is 4.63. The molecule has 1 aliphatic heterocycles. The molecule has 1 amide bonds. The van der Waals surface area contributed by atoms with E-state index in [1.807, 2.05) is 0 Å². The summed E-state index contributed by atoms with van der Waals surface area (Å²) in [5.74, 6) is -1.14. The van der Waals surface area contributed by atoms with Crippen LogP contribution in [0.15, 0.2) is 18.2 Å². The molecule has 0 saturated carbocycles. The Morgan fingerprint density at radius 3 is 2.57 bits per heavy atom. The van der Waals surface area contributed by atoms with E-state index in [-0.39, 0.29) is 19.1 Å². The Hall–Kier alpha value is -2.28. The fraction of sp³-hybridized carbons (Fsp3) is 0.429. The van der Waals surface area contributed by atoms with Crippen LogP contribution in [0.1, 0.15) is 10.4 Å². The number of aliphatic carboxylic acids is 1. The van der Waals surface area contributed by atoms with E-state index in [0.717, 1.165) is 0 Å². The molecule has 7 nitrogen and oxygen atoms in total. The molecule has 7 heteroatoms. The summed E-state index contributed by atoms with van der Waals surface area (Å²) in [6.07, 6.45) is 0. The number of nitrogens with one attached hydrogen (secondary N) is 1. The maximum atomic E-state index is 12.2. The number of rotatable bonds is 5. The molecule has 2 unspecified atom stereocenters. The van der Waals surface area contributed by atoms with Gasteiger partial charge in [0, 0.05) is 5.56 Å². The van der Waals surface area contributed by atoms with Crippen LogP contribution in [-0.4, -0.2) is 50.5 Å². The summed E-state index contributed by atoms with van der Waals surface area (Å²) in [6.45, 7) is 0.294. The summed E-state index contributed by atoms with van der Waals surface area (Å²) in [4.78, 5) is 23.2. The molecule has 2 N–H and O–H groups in total. The van der Waals surface area contributed by atoms with Gasteiger partial charge in [-0.2, -0.15) is 0 Å². The number of methoxy groups -OCH3 is 2. The molecule has 2 rings (SSSR count). The quantitative estimate of drug-likeness (QED) is 0.823. The fourth-order valence-electron chi connectivity index (χ4n) is 2.17. The molecule has 0 aromatic heterocycles. The maximum absolute atomic E-state index is 12.2. The molecule has 0 bridgehead atoms. The molecule has 1 fully saturated rings. The van der Waals surface area contributed by atoms with Crippen LogP contribution in [0.2, 0.25) is 0 Å². The smallest absolute Gasteiger partial charge is 0.311 e. The van der Waals surface area contributed by atoms with Crippen LogP contribution >= 0.6 is 0 Å². The van der Waals surface area contributed by atoms with Crippen molar-refractivity contribution in [2.24, 2.45) is 5.92 Å². The molecule has 1 aliphatic rings. The van der Waals surface area contributed by atoms with Gasteiger partial charge in [-0.15, -0.1) is 0 Å². The van der Waals surface area contributed by atoms with Crippen molar-refractivity contribution in [1.29, 1.82) is 0 Å². The largest absolute Gasteiger partial charge is 0.493 e. The summed E-state index contributed by atoms with van der Waals surface area (Å²) >= 11 is 0. The lowest BCUT2D eigenvalue weighted by Crippen LogP contribution is -2.42. The zero-order valence-electron chi connectivity index (χ0n) is 11.8. The Labute approximate surface area is 121 Å². The third-order valence-electron chi connectivity index (χ3n) is 3.36. The van der Waals surface area contributed by atoms with Crippen molar-refractivity contribution < 1.29 is 28.9 Å². The number of ether oxygens (including phenoxy) is 3. The SMILES string of the molecule is COc1ccc(C(=O)NC2COCC2C(=O)O)cc1OC. The van der Waals surface area contributed by atoms with Crippen LogP contribution < -0.4 is 14.8 Å². The van der Waals surface area contributed by atoms with E-state index in [4.69, 9.17) is 19.3 Å². The molecule has 1 aromatic carbocycles. The molecule has 1 saturated heterocycles. The van der Waals surface area contributed by atoms with Crippen molar-refractivity contribution in [2.45, 2.75) is 6.04 Å². The summed E-state index contributed by atoms with van der Waals surface area (Å²) < 4.78 is 15.3. The average molecular weight is 295 g/mol. The first-order chi connectivity index (χ1) is 10.1. The normalized spacial score (nSPS) is 20.9. The molecular weight excluding hydrogens is 278 g/mol. The van der Waals surface area contributed by atoms with Crippen molar-refractivity contribution in [1.82, 2.24) is 5.32 Å². The number of carbonyl (C=O) groups excluding carboxylic acids is 1. The van der Waals surface area contributed by atoms with E-state index in [1.165, 1.54) is 14.2 Å². The zero-order chi connectivity index (χ0) is 15.4. The van der Waals surface area contributed by atoms with Crippen LogP contribution in [0.3, 0.4) is 0 Å². The third-order valence-corrected chi connectivity index (χ3v) is 3.36. The molecule has 114 valence electrons. The Kier molecular flexibility index (Phi) is 4.64. The predicted molar refractivity (Wildman–Crippen MR) is 72.7 cm³/mol. The third kappa shape index (κ3) is 3.25. The van der Waals surface area contributed by atoms with Gasteiger partial charge in [-0.25, -0.2) is 0 Å². The van der Waals surface area contributed by atoms with Gasteiger partial charge >= 0.3 is 5.97 Å². The van der Waals surface area contributed by atoms with Gasteiger partial charge < -0.3 is 24.6 Å². The van der Waals surface area contributed by atoms with E-state index >= 15 is 0 Å². The lowest BCUT2D eigenvalue weighted by atomic mass is 10.0. The standard InChI is InChI=1S/C14H17NO6/c1-19-11-4-3-8(5-12(11)20-2)13(16)15-10-7-21-6-9(10)14(17)18/h3-5,9-10H,6-7H2,1-2H3,(H,15,16)(H,17,18). The van der Waals surface area contributed by atoms with Crippen molar-refractivity contribution in [2.75, 3.05) is 27.4 Å². The molecule has 0 radical (unpaired) electrons. The monoisotopic (exact) mass is 295 g/mol. The van der Waals surface area contributed by atoms with Crippen molar-refractivity contribution in [3.8, 4) is 11.5 Å². The molecule has 0 aliphatic carbocycles. The van der Waals surface area contributed by atoms with E-state index < -0.39 is 17.9 Å². The summed E-state index contributed by atoms with van der Waals surface area (Å²) in [7, 11) is 2.98. The Balaban J connectivity index is 2.11. The van der Waals surface area contributed by atoms with Gasteiger partial charge in [-0.05, 0) is 18.2 Å². The van der Waals surface area contributed by atoms with E-state index in [9.17, 15) is 9.59 Å². The number of carboxylic acid groups (broad SMARTS) is 1. The highest BCUT2D eigenvalue weighted by atomic mass is 16.5. The van der Waals surface area contributed by atoms with Gasteiger partial charge in [0.15, 0.2) is 11.5 Å². The molecule has 2 atom stereocenters. The highest BCUT2D eigenvalue weighted by Crippen LogP contribution is 2.27. The number of amides is 1. The lowest BCUT2D eigenvalue weighted by molar-refractivity contribution is -0.142. The Morgan fingerprint density at radius 2 is 1.95 bits per heavy atom. The number of hydrogen-bond acceptors (Lipinski definition) is 5. The zero-order valence-corrected chi connectivity index (χ0v) is 11.8. The first-order valence-electron chi connectivity index (χ1n) is 6.40. The predicted octanol–water partition coefficient (Wildman–Crippen LogP) is 0.533. The molecule has 1 aromatic rings. The summed E-state index contributed by atoms with van der Waals surface area (Å²) in [5.41, 5.74) is 0.365. The first-order valence-corrected chi connectivity index (χ1v) is 6.40. The second-order valence-corrected chi connectivity index (χ2v) is 4.63.